The maximum absolute atomic E-state index is 12.0. The molecule has 1 unspecified atom stereocenters. The molecule has 0 aliphatic heterocycles. The zero-order chi connectivity index (χ0) is 16.2. The molecule has 0 aliphatic rings. The normalized spacial score (nSPS) is 12.1. The van der Waals surface area contributed by atoms with Crippen molar-refractivity contribution in [3.8, 4) is 5.75 Å². The number of nitrogens with one attached hydrogen (secondary N) is 2. The first-order valence-corrected chi connectivity index (χ1v) is 7.63. The van der Waals surface area contributed by atoms with Gasteiger partial charge < -0.3 is 15.0 Å². The monoisotopic (exact) mass is 308 g/mol. The Labute approximate surface area is 135 Å². The summed E-state index contributed by atoms with van der Waals surface area (Å²) in [6.07, 6.45) is 2.30. The molecule has 118 valence electrons. The number of rotatable bonds is 5. The molecule has 0 aliphatic carbocycles. The van der Waals surface area contributed by atoms with Crippen molar-refractivity contribution in [2.75, 3.05) is 14.2 Å². The summed E-state index contributed by atoms with van der Waals surface area (Å²) in [4.78, 5) is 15.3. The molecule has 4 nitrogen and oxygen atoms in total. The van der Waals surface area contributed by atoms with Crippen molar-refractivity contribution < 1.29 is 9.53 Å². The third-order valence-electron chi connectivity index (χ3n) is 4.14. The average molecular weight is 308 g/mol. The highest BCUT2D eigenvalue weighted by atomic mass is 16.5. The molecular formula is C19H20N2O2. The number of aromatic amines is 1. The second-order valence-electron chi connectivity index (χ2n) is 5.50. The molecule has 1 heterocycles. The lowest BCUT2D eigenvalue weighted by Crippen LogP contribution is -2.21. The van der Waals surface area contributed by atoms with Crippen LogP contribution in [0.25, 0.3) is 10.9 Å². The molecule has 3 rings (SSSR count). The van der Waals surface area contributed by atoms with Gasteiger partial charge in [-0.05, 0) is 29.3 Å². The van der Waals surface area contributed by atoms with Gasteiger partial charge in [-0.1, -0.05) is 30.3 Å². The second kappa shape index (κ2) is 6.57. The van der Waals surface area contributed by atoms with E-state index in [9.17, 15) is 4.79 Å². The molecule has 0 radical (unpaired) electrons. The standard InChI is InChI=1S/C19H20N2O2/c1-20-18(22)12-16(13-6-4-3-5-7-13)17-11-15(23-2)10-14-8-9-21-19(14)17/h3-11,16,21H,12H2,1-2H3,(H,20,22). The molecule has 4 heteroatoms. The molecule has 1 atom stereocenters. The van der Waals surface area contributed by atoms with E-state index in [4.69, 9.17) is 4.74 Å². The van der Waals surface area contributed by atoms with Crippen molar-refractivity contribution in [1.29, 1.82) is 0 Å². The maximum atomic E-state index is 12.0. The predicted molar refractivity (Wildman–Crippen MR) is 91.8 cm³/mol. The first-order valence-electron chi connectivity index (χ1n) is 7.63. The van der Waals surface area contributed by atoms with Gasteiger partial charge in [-0.15, -0.1) is 0 Å². The minimum Gasteiger partial charge on any atom is -0.497 e. The van der Waals surface area contributed by atoms with Crippen molar-refractivity contribution in [3.05, 3.63) is 65.9 Å². The highest BCUT2D eigenvalue weighted by Crippen LogP contribution is 2.35. The smallest absolute Gasteiger partial charge is 0.220 e. The van der Waals surface area contributed by atoms with Crippen LogP contribution in [0.5, 0.6) is 5.75 Å². The molecule has 1 aromatic heterocycles. The van der Waals surface area contributed by atoms with Gasteiger partial charge in [-0.25, -0.2) is 0 Å². The van der Waals surface area contributed by atoms with E-state index in [0.717, 1.165) is 27.8 Å². The number of benzene rings is 2. The molecule has 1 amide bonds. The summed E-state index contributed by atoms with van der Waals surface area (Å²) in [5, 5.41) is 3.81. The van der Waals surface area contributed by atoms with E-state index in [0.29, 0.717) is 6.42 Å². The van der Waals surface area contributed by atoms with Crippen LogP contribution in [0.15, 0.2) is 54.7 Å². The van der Waals surface area contributed by atoms with Gasteiger partial charge in [0, 0.05) is 36.5 Å². The molecule has 23 heavy (non-hydrogen) atoms. The Kier molecular flexibility index (Phi) is 4.33. The van der Waals surface area contributed by atoms with Crippen LogP contribution in [0.4, 0.5) is 0 Å². The molecule has 0 saturated heterocycles. The lowest BCUT2D eigenvalue weighted by molar-refractivity contribution is -0.120. The fourth-order valence-electron chi connectivity index (χ4n) is 2.94. The minimum absolute atomic E-state index is 0.0152. The first-order chi connectivity index (χ1) is 11.2. The van der Waals surface area contributed by atoms with E-state index in [-0.39, 0.29) is 11.8 Å². The molecule has 0 spiro atoms. The van der Waals surface area contributed by atoms with Gasteiger partial charge in [0.15, 0.2) is 0 Å². The minimum atomic E-state index is -0.0348. The molecule has 3 aromatic rings. The third-order valence-corrected chi connectivity index (χ3v) is 4.14. The van der Waals surface area contributed by atoms with Gasteiger partial charge >= 0.3 is 0 Å². The summed E-state index contributed by atoms with van der Waals surface area (Å²) in [6, 6.07) is 16.1. The van der Waals surface area contributed by atoms with Crippen molar-refractivity contribution in [2.24, 2.45) is 0 Å². The summed E-state index contributed by atoms with van der Waals surface area (Å²) in [6.45, 7) is 0. The molecule has 2 N–H and O–H groups in total. The lowest BCUT2D eigenvalue weighted by Gasteiger charge is -2.19. The highest BCUT2D eigenvalue weighted by Gasteiger charge is 2.21. The average Bonchev–Trinajstić information content (AvgIpc) is 3.08. The van der Waals surface area contributed by atoms with Crippen molar-refractivity contribution >= 4 is 16.8 Å². The largest absolute Gasteiger partial charge is 0.497 e. The van der Waals surface area contributed by atoms with E-state index in [1.54, 1.807) is 14.2 Å². The number of ether oxygens (including phenoxy) is 1. The number of hydrogen-bond acceptors (Lipinski definition) is 2. The number of hydrogen-bond donors (Lipinski definition) is 2. The Hall–Kier alpha value is -2.75. The Morgan fingerprint density at radius 3 is 2.70 bits per heavy atom. The maximum Gasteiger partial charge on any atom is 0.220 e. The first kappa shape index (κ1) is 15.2. The molecule has 0 saturated carbocycles. The van der Waals surface area contributed by atoms with Gasteiger partial charge in [0.1, 0.15) is 5.75 Å². The van der Waals surface area contributed by atoms with Gasteiger partial charge in [0.2, 0.25) is 5.91 Å². The Morgan fingerprint density at radius 1 is 1.22 bits per heavy atom. The fourth-order valence-corrected chi connectivity index (χ4v) is 2.94. The number of carbonyl (C=O) groups excluding carboxylic acids is 1. The summed E-state index contributed by atoms with van der Waals surface area (Å²) in [7, 11) is 3.33. The Bertz CT molecular complexity index is 809. The van der Waals surface area contributed by atoms with Gasteiger partial charge in [0.05, 0.1) is 7.11 Å². The third kappa shape index (κ3) is 3.06. The molecule has 2 aromatic carbocycles. The molecule has 0 bridgehead atoms. The molecule has 0 fully saturated rings. The van der Waals surface area contributed by atoms with Crippen LogP contribution in [-0.4, -0.2) is 25.0 Å². The van der Waals surface area contributed by atoms with Crippen LogP contribution in [0.1, 0.15) is 23.5 Å². The number of methoxy groups -OCH3 is 1. The van der Waals surface area contributed by atoms with Crippen molar-refractivity contribution in [2.45, 2.75) is 12.3 Å². The van der Waals surface area contributed by atoms with E-state index < -0.39 is 0 Å². The number of carbonyl (C=O) groups is 1. The van der Waals surface area contributed by atoms with Crippen molar-refractivity contribution in [3.63, 3.8) is 0 Å². The van der Waals surface area contributed by atoms with E-state index in [1.807, 2.05) is 42.6 Å². The number of fused-ring (bicyclic) bond motifs is 1. The second-order valence-corrected chi connectivity index (χ2v) is 5.50. The van der Waals surface area contributed by atoms with Crippen LogP contribution in [0.2, 0.25) is 0 Å². The predicted octanol–water partition coefficient (Wildman–Crippen LogP) is 3.44. The fraction of sp³-hybridized carbons (Fsp3) is 0.211. The molecular weight excluding hydrogens is 288 g/mol. The van der Waals surface area contributed by atoms with E-state index in [2.05, 4.69) is 22.4 Å². The zero-order valence-electron chi connectivity index (χ0n) is 13.3. The topological polar surface area (TPSA) is 54.1 Å². The Balaban J connectivity index is 2.16. The van der Waals surface area contributed by atoms with Crippen LogP contribution >= 0.6 is 0 Å². The van der Waals surface area contributed by atoms with E-state index in [1.165, 1.54) is 0 Å². The number of aromatic nitrogens is 1. The van der Waals surface area contributed by atoms with Gasteiger partial charge in [-0.3, -0.25) is 4.79 Å². The zero-order valence-corrected chi connectivity index (χ0v) is 13.3. The number of H-pyrrole nitrogens is 1. The SMILES string of the molecule is CNC(=O)CC(c1ccccc1)c1cc(OC)cc2cc[nH]c12. The summed E-state index contributed by atoms with van der Waals surface area (Å²) in [5.74, 6) is 0.777. The quantitative estimate of drug-likeness (QED) is 0.758. The van der Waals surface area contributed by atoms with Gasteiger partial charge in [-0.2, -0.15) is 0 Å². The van der Waals surface area contributed by atoms with Crippen LogP contribution in [0, 0.1) is 0 Å². The van der Waals surface area contributed by atoms with Crippen LogP contribution < -0.4 is 10.1 Å². The summed E-state index contributed by atoms with van der Waals surface area (Å²) in [5.41, 5.74) is 3.22. The lowest BCUT2D eigenvalue weighted by atomic mass is 9.87. The Morgan fingerprint density at radius 2 is 2.00 bits per heavy atom. The summed E-state index contributed by atoms with van der Waals surface area (Å²) < 4.78 is 5.44. The summed E-state index contributed by atoms with van der Waals surface area (Å²) >= 11 is 0. The van der Waals surface area contributed by atoms with Crippen LogP contribution in [-0.2, 0) is 4.79 Å². The van der Waals surface area contributed by atoms with Gasteiger partial charge in [0.25, 0.3) is 0 Å². The van der Waals surface area contributed by atoms with E-state index >= 15 is 0 Å². The van der Waals surface area contributed by atoms with Crippen molar-refractivity contribution in [1.82, 2.24) is 10.3 Å². The number of amides is 1. The van der Waals surface area contributed by atoms with Crippen LogP contribution in [0.3, 0.4) is 0 Å². The highest BCUT2D eigenvalue weighted by molar-refractivity contribution is 5.86.